The molecule has 2 aliphatic carbocycles. The summed E-state index contributed by atoms with van der Waals surface area (Å²) in [6.45, 7) is 8.79. The van der Waals surface area contributed by atoms with Gasteiger partial charge < -0.3 is 16.8 Å². The van der Waals surface area contributed by atoms with Gasteiger partial charge in [-0.3, -0.25) is 0 Å². The van der Waals surface area contributed by atoms with Crippen LogP contribution < -0.4 is 16.8 Å². The van der Waals surface area contributed by atoms with Crippen LogP contribution in [0.1, 0.15) is 59.8 Å². The number of hydrogen-bond acceptors (Lipinski definition) is 3. The van der Waals surface area contributed by atoms with E-state index in [1.165, 1.54) is 18.5 Å². The Balaban J connectivity index is 1.97. The van der Waals surface area contributed by atoms with Crippen molar-refractivity contribution < 1.29 is 0 Å². The van der Waals surface area contributed by atoms with E-state index in [0.29, 0.717) is 12.0 Å². The monoisotopic (exact) mass is 291 g/mol. The lowest BCUT2D eigenvalue weighted by molar-refractivity contribution is 0.244. The van der Waals surface area contributed by atoms with Crippen LogP contribution in [0.2, 0.25) is 0 Å². The van der Waals surface area contributed by atoms with Crippen LogP contribution in [0.5, 0.6) is 0 Å². The first-order valence-electron chi connectivity index (χ1n) is 8.42. The Labute approximate surface area is 130 Å². The van der Waals surface area contributed by atoms with Crippen molar-refractivity contribution in [1.29, 1.82) is 0 Å². The van der Waals surface area contributed by atoms with E-state index in [1.807, 2.05) is 0 Å². The van der Waals surface area contributed by atoms with E-state index in [1.54, 1.807) is 0 Å². The second-order valence-corrected chi connectivity index (χ2v) is 8.22. The molecule has 120 valence electrons. The van der Waals surface area contributed by atoms with Crippen molar-refractivity contribution in [2.75, 3.05) is 0 Å². The molecule has 5 N–H and O–H groups in total. The number of nitrogens with one attached hydrogen (secondary N) is 1. The molecule has 0 heterocycles. The van der Waals surface area contributed by atoms with Gasteiger partial charge in [-0.1, -0.05) is 19.1 Å². The van der Waals surface area contributed by atoms with E-state index >= 15 is 0 Å². The largest absolute Gasteiger partial charge is 0.381 e. The third kappa shape index (κ3) is 4.58. The molecule has 3 heteroatoms. The fourth-order valence-corrected chi connectivity index (χ4v) is 3.54. The van der Waals surface area contributed by atoms with Gasteiger partial charge in [0.15, 0.2) is 0 Å². The quantitative estimate of drug-likeness (QED) is 0.749. The van der Waals surface area contributed by atoms with Crippen LogP contribution >= 0.6 is 0 Å². The maximum Gasteiger partial charge on any atom is 0.0407 e. The first kappa shape index (κ1) is 16.6. The Morgan fingerprint density at radius 2 is 1.86 bits per heavy atom. The molecule has 2 aliphatic rings. The molecule has 0 bridgehead atoms. The smallest absolute Gasteiger partial charge is 0.0407 e. The summed E-state index contributed by atoms with van der Waals surface area (Å²) in [5, 5.41) is 3.54. The summed E-state index contributed by atoms with van der Waals surface area (Å²) in [6.07, 6.45) is 12.5. The average molecular weight is 291 g/mol. The van der Waals surface area contributed by atoms with E-state index in [9.17, 15) is 0 Å². The number of rotatable bonds is 3. The summed E-state index contributed by atoms with van der Waals surface area (Å²) >= 11 is 0. The fraction of sp³-hybridized carbons (Fsp3) is 0.778. The van der Waals surface area contributed by atoms with Crippen LogP contribution in [0.4, 0.5) is 0 Å². The molecule has 0 aromatic carbocycles. The summed E-state index contributed by atoms with van der Waals surface area (Å²) in [4.78, 5) is 0. The minimum absolute atomic E-state index is 0.0873. The van der Waals surface area contributed by atoms with Gasteiger partial charge in [0.2, 0.25) is 0 Å². The van der Waals surface area contributed by atoms with Gasteiger partial charge in [0.25, 0.3) is 0 Å². The molecule has 21 heavy (non-hydrogen) atoms. The highest BCUT2D eigenvalue weighted by molar-refractivity contribution is 5.31. The Morgan fingerprint density at radius 3 is 2.38 bits per heavy atom. The van der Waals surface area contributed by atoms with Gasteiger partial charge in [0, 0.05) is 22.8 Å². The van der Waals surface area contributed by atoms with Gasteiger partial charge in [-0.15, -0.1) is 0 Å². The second-order valence-electron chi connectivity index (χ2n) is 8.22. The zero-order chi connectivity index (χ0) is 15.7. The van der Waals surface area contributed by atoms with Gasteiger partial charge in [-0.2, -0.15) is 0 Å². The summed E-state index contributed by atoms with van der Waals surface area (Å²) in [6, 6.07) is 0.414. The van der Waals surface area contributed by atoms with Gasteiger partial charge in [0.1, 0.15) is 0 Å². The molecular weight excluding hydrogens is 258 g/mol. The van der Waals surface area contributed by atoms with Gasteiger partial charge in [-0.25, -0.2) is 0 Å². The predicted molar refractivity (Wildman–Crippen MR) is 90.7 cm³/mol. The molecule has 1 saturated carbocycles. The normalized spacial score (nSPS) is 37.2. The van der Waals surface area contributed by atoms with Crippen molar-refractivity contribution in [1.82, 2.24) is 5.32 Å². The first-order chi connectivity index (χ1) is 9.68. The maximum absolute atomic E-state index is 6.70. The number of nitrogens with two attached hydrogens (primary N) is 2. The third-order valence-corrected chi connectivity index (χ3v) is 4.90. The lowest BCUT2D eigenvalue weighted by Crippen LogP contribution is -2.48. The van der Waals surface area contributed by atoms with Crippen LogP contribution in [0.15, 0.2) is 23.9 Å². The van der Waals surface area contributed by atoms with Crippen molar-refractivity contribution >= 4 is 0 Å². The number of hydrogen-bond donors (Lipinski definition) is 3. The Morgan fingerprint density at radius 1 is 1.24 bits per heavy atom. The van der Waals surface area contributed by atoms with Crippen LogP contribution in [0, 0.1) is 11.8 Å². The Bertz CT molecular complexity index is 411. The zero-order valence-corrected chi connectivity index (χ0v) is 14.2. The molecule has 2 rings (SSSR count). The first-order valence-corrected chi connectivity index (χ1v) is 8.42. The van der Waals surface area contributed by atoms with E-state index in [4.69, 9.17) is 11.5 Å². The van der Waals surface area contributed by atoms with Crippen molar-refractivity contribution in [3.05, 3.63) is 23.9 Å². The molecule has 0 spiro atoms. The molecule has 0 radical (unpaired) electrons. The topological polar surface area (TPSA) is 64.1 Å². The van der Waals surface area contributed by atoms with Crippen molar-refractivity contribution in [3.8, 4) is 0 Å². The highest BCUT2D eigenvalue weighted by Gasteiger charge is 2.34. The molecule has 0 amide bonds. The van der Waals surface area contributed by atoms with Crippen LogP contribution in [-0.2, 0) is 0 Å². The van der Waals surface area contributed by atoms with Crippen LogP contribution in [0.3, 0.4) is 0 Å². The number of allylic oxidation sites excluding steroid dienone is 1. The molecule has 0 aromatic rings. The molecule has 3 nitrogen and oxygen atoms in total. The summed E-state index contributed by atoms with van der Waals surface area (Å²) in [7, 11) is 0. The van der Waals surface area contributed by atoms with Gasteiger partial charge in [-0.05, 0) is 70.8 Å². The summed E-state index contributed by atoms with van der Waals surface area (Å²) in [5.74, 6) is 1.09. The molecular formula is C18H33N3. The minimum Gasteiger partial charge on any atom is -0.381 e. The highest BCUT2D eigenvalue weighted by Crippen LogP contribution is 2.35. The van der Waals surface area contributed by atoms with E-state index in [-0.39, 0.29) is 11.1 Å². The molecule has 2 atom stereocenters. The molecule has 0 saturated heterocycles. The average Bonchev–Trinajstić information content (AvgIpc) is 2.36. The lowest BCUT2D eigenvalue weighted by Gasteiger charge is -2.39. The molecule has 2 unspecified atom stereocenters. The van der Waals surface area contributed by atoms with Crippen molar-refractivity contribution in [2.24, 2.45) is 23.3 Å². The third-order valence-electron chi connectivity index (χ3n) is 4.90. The van der Waals surface area contributed by atoms with E-state index < -0.39 is 0 Å². The maximum atomic E-state index is 6.70. The summed E-state index contributed by atoms with van der Waals surface area (Å²) in [5.41, 5.74) is 13.8. The van der Waals surface area contributed by atoms with Crippen molar-refractivity contribution in [2.45, 2.75) is 76.9 Å². The van der Waals surface area contributed by atoms with Gasteiger partial charge in [0.05, 0.1) is 0 Å². The lowest BCUT2D eigenvalue weighted by atomic mass is 9.72. The second kappa shape index (κ2) is 6.13. The van der Waals surface area contributed by atoms with Crippen LogP contribution in [-0.4, -0.2) is 17.1 Å². The zero-order valence-electron chi connectivity index (χ0n) is 14.2. The Kier molecular flexibility index (Phi) is 4.84. The van der Waals surface area contributed by atoms with E-state index in [2.05, 4.69) is 51.2 Å². The molecule has 0 aliphatic heterocycles. The SMILES string of the molecule is CC1C=C(NC(C)(C)C)C=CC1(N)CC1CCC(N)CC1. The summed E-state index contributed by atoms with van der Waals surface area (Å²) < 4.78 is 0. The predicted octanol–water partition coefficient (Wildman–Crippen LogP) is 3.07. The van der Waals surface area contributed by atoms with Crippen molar-refractivity contribution in [3.63, 3.8) is 0 Å². The van der Waals surface area contributed by atoms with Gasteiger partial charge >= 0.3 is 0 Å². The molecule has 0 aromatic heterocycles. The highest BCUT2D eigenvalue weighted by atomic mass is 15.0. The fourth-order valence-electron chi connectivity index (χ4n) is 3.54. The molecule has 1 fully saturated rings. The van der Waals surface area contributed by atoms with E-state index in [0.717, 1.165) is 25.2 Å². The van der Waals surface area contributed by atoms with Crippen LogP contribution in [0.25, 0.3) is 0 Å². The standard InChI is InChI=1S/C18H33N3/c1-13-11-16(21-17(2,3)4)9-10-18(13,20)12-14-5-7-15(19)8-6-14/h9-11,13-15,21H,5-8,12,19-20H2,1-4H3. The minimum atomic E-state index is -0.199. The Hall–Kier alpha value is -0.800.